The van der Waals surface area contributed by atoms with Crippen LogP contribution in [0.5, 0.6) is 0 Å². The molecule has 0 aromatic heterocycles. The van der Waals surface area contributed by atoms with E-state index < -0.39 is 41.8 Å². The molecule has 0 N–H and O–H groups in total. The molecular formula is C16H10K2N2O8S2. The van der Waals surface area contributed by atoms with Gasteiger partial charge >= 0.3 is 103 Å². The first kappa shape index (κ1) is 28.2. The van der Waals surface area contributed by atoms with E-state index in [0.717, 1.165) is 58.5 Å². The summed E-state index contributed by atoms with van der Waals surface area (Å²) in [6.07, 6.45) is 0. The molecule has 0 bridgehead atoms. The molecule has 3 rings (SSSR count). The molecule has 1 aliphatic heterocycles. The fourth-order valence-electron chi connectivity index (χ4n) is 2.50. The van der Waals surface area contributed by atoms with Crippen molar-refractivity contribution in [1.29, 1.82) is 0 Å². The predicted molar refractivity (Wildman–Crippen MR) is 92.9 cm³/mol. The van der Waals surface area contributed by atoms with Crippen LogP contribution in [-0.4, -0.2) is 37.8 Å². The summed E-state index contributed by atoms with van der Waals surface area (Å²) in [5.74, 6) is -1.61. The second-order valence-corrected chi connectivity index (χ2v) is 8.37. The minimum absolute atomic E-state index is 0. The Bertz CT molecular complexity index is 1120. The van der Waals surface area contributed by atoms with Crippen molar-refractivity contribution in [3.05, 3.63) is 60.7 Å². The average Bonchev–Trinajstić information content (AvgIpc) is 2.84. The van der Waals surface area contributed by atoms with Crippen molar-refractivity contribution in [3.8, 4) is 0 Å². The van der Waals surface area contributed by atoms with Gasteiger partial charge in [0, 0.05) is 0 Å². The minimum atomic E-state index is -4.70. The third-order valence-electron chi connectivity index (χ3n) is 3.84. The third kappa shape index (κ3) is 5.76. The van der Waals surface area contributed by atoms with Crippen LogP contribution >= 0.6 is 0 Å². The van der Waals surface area contributed by atoms with Crippen molar-refractivity contribution in [2.75, 3.05) is 10.0 Å². The molecule has 14 heteroatoms. The van der Waals surface area contributed by atoms with Gasteiger partial charge in [0.25, 0.3) is 11.8 Å². The summed E-state index contributed by atoms with van der Waals surface area (Å²) >= 11 is 0. The van der Waals surface area contributed by atoms with Gasteiger partial charge < -0.3 is 9.11 Å². The van der Waals surface area contributed by atoms with Crippen molar-refractivity contribution in [3.63, 3.8) is 0 Å². The number of benzene rings is 2. The smallest absolute Gasteiger partial charge is 0.744 e. The van der Waals surface area contributed by atoms with E-state index in [2.05, 4.69) is 6.58 Å². The van der Waals surface area contributed by atoms with E-state index in [1.807, 2.05) is 0 Å². The third-order valence-corrected chi connectivity index (χ3v) is 5.54. The van der Waals surface area contributed by atoms with E-state index >= 15 is 0 Å². The summed E-state index contributed by atoms with van der Waals surface area (Å²) in [5.41, 5.74) is -0.268. The number of carbonyl (C=O) groups excluding carboxylic acids is 2. The summed E-state index contributed by atoms with van der Waals surface area (Å²) in [5, 5.41) is 1.76. The van der Waals surface area contributed by atoms with Crippen molar-refractivity contribution in [2.24, 2.45) is 0 Å². The number of hydrogen-bond donors (Lipinski definition) is 0. The zero-order valence-corrected chi connectivity index (χ0v) is 23.7. The van der Waals surface area contributed by atoms with Gasteiger partial charge in [-0.15, -0.1) is 0 Å². The number of hydrazine groups is 1. The molecule has 2 aromatic rings. The Hall–Kier alpha value is 0.213. The molecule has 0 radical (unpaired) electrons. The maximum atomic E-state index is 12.4. The molecule has 0 saturated carbocycles. The number of amides is 2. The molecule has 10 nitrogen and oxygen atoms in total. The molecule has 1 saturated heterocycles. The van der Waals surface area contributed by atoms with Gasteiger partial charge in [0.15, 0.2) is 0 Å². The standard InChI is InChI=1S/C16H12N2O8S2.2K/c1-10-15(19)17(11-2-6-13(7-3-11)27(21,22)23)18(16(10)20)12-4-8-14(9-5-12)28(24,25)26;;/h2-9H,1H2,(H,21,22,23)(H,24,25,26);;/q;2*+1/p-2. The monoisotopic (exact) mass is 500 g/mol. The van der Waals surface area contributed by atoms with Crippen LogP contribution < -0.4 is 113 Å². The maximum Gasteiger partial charge on any atom is 1.00 e. The Morgan fingerprint density at radius 1 is 0.633 bits per heavy atom. The molecule has 2 aromatic carbocycles. The predicted octanol–water partition coefficient (Wildman–Crippen LogP) is -5.65. The van der Waals surface area contributed by atoms with Gasteiger partial charge in [-0.1, -0.05) is 6.58 Å². The molecule has 1 fully saturated rings. The molecule has 1 heterocycles. The van der Waals surface area contributed by atoms with E-state index in [-0.39, 0.29) is 120 Å². The molecular weight excluding hydrogens is 491 g/mol. The molecule has 0 unspecified atom stereocenters. The summed E-state index contributed by atoms with van der Waals surface area (Å²) in [7, 11) is -9.40. The Balaban J connectivity index is 0.00000225. The van der Waals surface area contributed by atoms with Gasteiger partial charge in [-0.25, -0.2) is 26.9 Å². The van der Waals surface area contributed by atoms with Gasteiger partial charge in [0.1, 0.15) is 25.8 Å². The maximum absolute atomic E-state index is 12.4. The summed E-state index contributed by atoms with van der Waals surface area (Å²) in [6, 6.07) is 8.50. The molecule has 1 aliphatic rings. The Morgan fingerprint density at radius 3 is 1.13 bits per heavy atom. The molecule has 0 atom stereocenters. The number of hydrogen-bond acceptors (Lipinski definition) is 8. The average molecular weight is 501 g/mol. The first-order chi connectivity index (χ1) is 12.9. The topological polar surface area (TPSA) is 155 Å². The number of carbonyl (C=O) groups is 2. The Morgan fingerprint density at radius 2 is 0.900 bits per heavy atom. The van der Waals surface area contributed by atoms with E-state index in [1.54, 1.807) is 0 Å². The largest absolute Gasteiger partial charge is 1.00 e. The molecule has 30 heavy (non-hydrogen) atoms. The Labute approximate surface area is 257 Å². The molecule has 0 spiro atoms. The van der Waals surface area contributed by atoms with E-state index in [4.69, 9.17) is 0 Å². The van der Waals surface area contributed by atoms with Crippen molar-refractivity contribution in [1.82, 2.24) is 0 Å². The first-order valence-corrected chi connectivity index (χ1v) is 10.2. The SMILES string of the molecule is C=C1C(=O)N(c2ccc(S(=O)(=O)[O-])cc2)N(c2ccc(S(=O)(=O)[O-])cc2)C1=O.[K+].[K+]. The van der Waals surface area contributed by atoms with Gasteiger partial charge in [-0.3, -0.25) is 9.59 Å². The van der Waals surface area contributed by atoms with Crippen LogP contribution in [0.4, 0.5) is 11.4 Å². The van der Waals surface area contributed by atoms with E-state index in [1.165, 1.54) is 0 Å². The van der Waals surface area contributed by atoms with Crippen molar-refractivity contribution in [2.45, 2.75) is 9.79 Å². The van der Waals surface area contributed by atoms with Gasteiger partial charge in [0.2, 0.25) is 0 Å². The zero-order chi connectivity index (χ0) is 20.9. The van der Waals surface area contributed by atoms with Gasteiger partial charge in [-0.05, 0) is 48.5 Å². The fraction of sp³-hybridized carbons (Fsp3) is 0. The first-order valence-electron chi connectivity index (χ1n) is 7.41. The Kier molecular flexibility index (Phi) is 9.82. The quantitative estimate of drug-likeness (QED) is 0.174. The van der Waals surface area contributed by atoms with Crippen LogP contribution in [-0.2, 0) is 29.8 Å². The number of nitrogens with zero attached hydrogens (tertiary/aromatic N) is 2. The molecule has 146 valence electrons. The van der Waals surface area contributed by atoms with Crippen LogP contribution in [0.2, 0.25) is 0 Å². The van der Waals surface area contributed by atoms with Gasteiger partial charge in [0.05, 0.1) is 21.2 Å². The van der Waals surface area contributed by atoms with Crippen molar-refractivity contribution < 1.29 is 138 Å². The summed E-state index contributed by atoms with van der Waals surface area (Å²) in [6.45, 7) is 3.41. The van der Waals surface area contributed by atoms with Crippen LogP contribution in [0.1, 0.15) is 0 Å². The number of rotatable bonds is 4. The van der Waals surface area contributed by atoms with Gasteiger partial charge in [-0.2, -0.15) is 0 Å². The molecule has 0 aliphatic carbocycles. The summed E-state index contributed by atoms with van der Waals surface area (Å²) < 4.78 is 66.3. The fourth-order valence-corrected chi connectivity index (χ4v) is 3.44. The van der Waals surface area contributed by atoms with E-state index in [9.17, 15) is 35.5 Å². The second-order valence-electron chi connectivity index (χ2n) is 5.61. The van der Waals surface area contributed by atoms with Crippen LogP contribution in [0.3, 0.4) is 0 Å². The summed E-state index contributed by atoms with van der Waals surface area (Å²) in [4.78, 5) is 23.8. The molecule has 2 amide bonds. The van der Waals surface area contributed by atoms with Crippen LogP contribution in [0.15, 0.2) is 70.5 Å². The number of anilines is 2. The van der Waals surface area contributed by atoms with E-state index in [0.29, 0.717) is 0 Å². The zero-order valence-electron chi connectivity index (χ0n) is 15.8. The van der Waals surface area contributed by atoms with Crippen LogP contribution in [0.25, 0.3) is 0 Å². The van der Waals surface area contributed by atoms with Crippen molar-refractivity contribution >= 4 is 43.4 Å². The van der Waals surface area contributed by atoms with Crippen LogP contribution in [0, 0.1) is 0 Å². The second kappa shape index (κ2) is 10.4. The normalized spacial score (nSPS) is 14.4. The minimum Gasteiger partial charge on any atom is -0.744 e.